The first-order valence-electron chi connectivity index (χ1n) is 6.37. The molecule has 0 aromatic heterocycles. The Labute approximate surface area is 122 Å². The van der Waals surface area contributed by atoms with E-state index in [2.05, 4.69) is 10.6 Å². The van der Waals surface area contributed by atoms with Gasteiger partial charge in [-0.05, 0) is 19.3 Å². The molecule has 10 heteroatoms. The van der Waals surface area contributed by atoms with Crippen molar-refractivity contribution in [2.24, 2.45) is 11.7 Å². The highest BCUT2D eigenvalue weighted by molar-refractivity contribution is 5.87. The molecule has 8 N–H and O–H groups in total. The van der Waals surface area contributed by atoms with Crippen LogP contribution in [0.4, 0.5) is 0 Å². The van der Waals surface area contributed by atoms with E-state index in [-0.39, 0.29) is 24.7 Å². The summed E-state index contributed by atoms with van der Waals surface area (Å²) in [7, 11) is 0. The quantitative estimate of drug-likeness (QED) is 0.160. The Morgan fingerprint density at radius 1 is 0.810 bits per heavy atom. The Bertz CT molecular complexity index is 364. The second-order valence-electron chi connectivity index (χ2n) is 4.45. The summed E-state index contributed by atoms with van der Waals surface area (Å²) in [6, 6.07) is -1.60. The topological polar surface area (TPSA) is 168 Å². The summed E-state index contributed by atoms with van der Waals surface area (Å²) in [5.41, 5.74) is 3.90. The van der Waals surface area contributed by atoms with Crippen LogP contribution in [0.3, 0.4) is 0 Å². The molecule has 21 heavy (non-hydrogen) atoms. The summed E-state index contributed by atoms with van der Waals surface area (Å²) in [5, 5.41) is 4.89. The van der Waals surface area contributed by atoms with Gasteiger partial charge in [0.15, 0.2) is 0 Å². The highest BCUT2D eigenvalue weighted by atomic mass is 16.2. The van der Waals surface area contributed by atoms with Crippen molar-refractivity contribution in [2.75, 3.05) is 0 Å². The minimum absolute atomic E-state index is 0.260. The van der Waals surface area contributed by atoms with Crippen LogP contribution in [0.1, 0.15) is 33.1 Å². The van der Waals surface area contributed by atoms with Crippen LogP contribution in [-0.4, -0.2) is 35.7 Å². The van der Waals surface area contributed by atoms with Crippen LogP contribution in [0.5, 0.6) is 0 Å². The Hall–Kier alpha value is -2.20. The molecular formula is C11H22N6O4. The van der Waals surface area contributed by atoms with Crippen LogP contribution in [-0.2, 0) is 19.2 Å². The average molecular weight is 302 g/mol. The molecular weight excluding hydrogens is 280 g/mol. The first-order valence-corrected chi connectivity index (χ1v) is 6.37. The lowest BCUT2D eigenvalue weighted by molar-refractivity contribution is -0.129. The van der Waals surface area contributed by atoms with Gasteiger partial charge in [0.1, 0.15) is 12.1 Å². The van der Waals surface area contributed by atoms with Crippen molar-refractivity contribution >= 4 is 23.6 Å². The number of carbonyl (C=O) groups excluding carboxylic acids is 4. The molecule has 0 aliphatic rings. The average Bonchev–Trinajstić information content (AvgIpc) is 2.42. The van der Waals surface area contributed by atoms with Crippen LogP contribution >= 0.6 is 0 Å². The van der Waals surface area contributed by atoms with E-state index in [1.54, 1.807) is 0 Å². The second-order valence-corrected chi connectivity index (χ2v) is 4.45. The number of nitrogens with one attached hydrogen (secondary N) is 4. The Balaban J connectivity index is 4.49. The van der Waals surface area contributed by atoms with Gasteiger partial charge < -0.3 is 10.6 Å². The van der Waals surface area contributed by atoms with Gasteiger partial charge in [-0.2, -0.15) is 0 Å². The highest BCUT2D eigenvalue weighted by Gasteiger charge is 2.22. The number of rotatable bonds is 8. The minimum Gasteiger partial charge on any atom is -0.344 e. The SMILES string of the molecule is CC(=O)NC(CCCC(NC(C)=O)C(=O)NN)C(=O)NN. The lowest BCUT2D eigenvalue weighted by Crippen LogP contribution is -2.49. The molecule has 4 amide bonds. The van der Waals surface area contributed by atoms with Gasteiger partial charge in [0.25, 0.3) is 11.8 Å². The first-order chi connectivity index (χ1) is 9.81. The Morgan fingerprint density at radius 3 is 1.38 bits per heavy atom. The molecule has 10 nitrogen and oxygen atoms in total. The number of hydrazine groups is 2. The molecule has 0 bridgehead atoms. The van der Waals surface area contributed by atoms with E-state index >= 15 is 0 Å². The molecule has 0 radical (unpaired) electrons. The van der Waals surface area contributed by atoms with Gasteiger partial charge in [0, 0.05) is 13.8 Å². The second kappa shape index (κ2) is 9.66. The van der Waals surface area contributed by atoms with Crippen molar-refractivity contribution in [3.05, 3.63) is 0 Å². The van der Waals surface area contributed by atoms with Crippen molar-refractivity contribution < 1.29 is 19.2 Å². The van der Waals surface area contributed by atoms with Gasteiger partial charge in [-0.3, -0.25) is 30.0 Å². The van der Waals surface area contributed by atoms with Crippen molar-refractivity contribution in [1.82, 2.24) is 21.5 Å². The maximum absolute atomic E-state index is 11.5. The zero-order valence-electron chi connectivity index (χ0n) is 12.1. The van der Waals surface area contributed by atoms with Crippen LogP contribution in [0.15, 0.2) is 0 Å². The lowest BCUT2D eigenvalue weighted by Gasteiger charge is -2.19. The van der Waals surface area contributed by atoms with Crippen molar-refractivity contribution in [3.8, 4) is 0 Å². The summed E-state index contributed by atoms with van der Waals surface area (Å²) < 4.78 is 0. The van der Waals surface area contributed by atoms with Crippen LogP contribution < -0.4 is 33.2 Å². The molecule has 0 spiro atoms. The normalized spacial score (nSPS) is 12.8. The van der Waals surface area contributed by atoms with Gasteiger partial charge in [-0.15, -0.1) is 0 Å². The molecule has 0 rings (SSSR count). The first kappa shape index (κ1) is 18.8. The molecule has 0 saturated carbocycles. The third-order valence-corrected chi connectivity index (χ3v) is 2.66. The van der Waals surface area contributed by atoms with Crippen LogP contribution in [0, 0.1) is 0 Å². The zero-order chi connectivity index (χ0) is 16.4. The van der Waals surface area contributed by atoms with E-state index in [1.165, 1.54) is 13.8 Å². The molecule has 0 aromatic carbocycles. The Kier molecular flexibility index (Phi) is 8.65. The molecule has 2 atom stereocenters. The van der Waals surface area contributed by atoms with E-state index < -0.39 is 23.9 Å². The third-order valence-electron chi connectivity index (χ3n) is 2.66. The largest absolute Gasteiger partial charge is 0.344 e. The number of nitrogens with two attached hydrogens (primary N) is 2. The van der Waals surface area contributed by atoms with Gasteiger partial charge in [-0.25, -0.2) is 11.7 Å². The summed E-state index contributed by atoms with van der Waals surface area (Å²) >= 11 is 0. The van der Waals surface area contributed by atoms with Gasteiger partial charge in [-0.1, -0.05) is 0 Å². The molecule has 0 aliphatic carbocycles. The Morgan fingerprint density at radius 2 is 1.14 bits per heavy atom. The number of amides is 4. The van der Waals surface area contributed by atoms with Gasteiger partial charge in [0.2, 0.25) is 11.8 Å². The number of carbonyl (C=O) groups is 4. The molecule has 120 valence electrons. The van der Waals surface area contributed by atoms with E-state index in [0.29, 0.717) is 6.42 Å². The van der Waals surface area contributed by atoms with Gasteiger partial charge in [0.05, 0.1) is 0 Å². The van der Waals surface area contributed by atoms with Gasteiger partial charge >= 0.3 is 0 Å². The molecule has 0 saturated heterocycles. The zero-order valence-corrected chi connectivity index (χ0v) is 12.1. The van der Waals surface area contributed by atoms with E-state index in [1.807, 2.05) is 10.9 Å². The van der Waals surface area contributed by atoms with Crippen molar-refractivity contribution in [3.63, 3.8) is 0 Å². The molecule has 2 unspecified atom stereocenters. The molecule has 0 aliphatic heterocycles. The predicted molar refractivity (Wildman–Crippen MR) is 73.7 cm³/mol. The van der Waals surface area contributed by atoms with E-state index in [0.717, 1.165) is 0 Å². The molecule has 0 fully saturated rings. The summed E-state index contributed by atoms with van der Waals surface area (Å²) in [6.45, 7) is 2.55. The monoisotopic (exact) mass is 302 g/mol. The minimum atomic E-state index is -0.800. The maximum atomic E-state index is 11.5. The summed E-state index contributed by atoms with van der Waals surface area (Å²) in [5.74, 6) is 8.23. The van der Waals surface area contributed by atoms with E-state index in [4.69, 9.17) is 11.7 Å². The fourth-order valence-electron chi connectivity index (χ4n) is 1.76. The fraction of sp³-hybridized carbons (Fsp3) is 0.636. The predicted octanol–water partition coefficient (Wildman–Crippen LogP) is -2.85. The third kappa shape index (κ3) is 7.84. The van der Waals surface area contributed by atoms with Crippen molar-refractivity contribution in [2.45, 2.75) is 45.2 Å². The number of hydrogen-bond acceptors (Lipinski definition) is 6. The summed E-state index contributed by atoms with van der Waals surface area (Å²) in [6.07, 6.45) is 0.907. The van der Waals surface area contributed by atoms with E-state index in [9.17, 15) is 19.2 Å². The standard InChI is InChI=1S/C11H22N6O4/c1-6(18)14-8(10(20)16-12)4-3-5-9(11(21)17-13)15-7(2)19/h8-9H,3-5,12-13H2,1-2H3,(H,14,18)(H,15,19)(H,16,20)(H,17,21). The number of hydrogen-bond donors (Lipinski definition) is 6. The van der Waals surface area contributed by atoms with Crippen molar-refractivity contribution in [1.29, 1.82) is 0 Å². The van der Waals surface area contributed by atoms with Crippen LogP contribution in [0.2, 0.25) is 0 Å². The van der Waals surface area contributed by atoms with Crippen LogP contribution in [0.25, 0.3) is 0 Å². The summed E-state index contributed by atoms with van der Waals surface area (Å²) in [4.78, 5) is 44.9. The lowest BCUT2D eigenvalue weighted by atomic mass is 10.0. The highest BCUT2D eigenvalue weighted by Crippen LogP contribution is 2.05. The maximum Gasteiger partial charge on any atom is 0.256 e. The molecule has 0 heterocycles. The fourth-order valence-corrected chi connectivity index (χ4v) is 1.76. The molecule has 0 aromatic rings. The smallest absolute Gasteiger partial charge is 0.256 e.